The first-order valence-electron chi connectivity index (χ1n) is 6.37. The Morgan fingerprint density at radius 1 is 1.13 bits per heavy atom. The molecule has 0 aromatic carbocycles. The molecule has 0 aliphatic heterocycles. The molecule has 0 nitrogen and oxygen atoms in total. The molecule has 2 aliphatic carbocycles. The van der Waals surface area contributed by atoms with Crippen LogP contribution >= 0.6 is 0 Å². The molecule has 2 unspecified atom stereocenters. The van der Waals surface area contributed by atoms with Crippen LogP contribution in [0.15, 0.2) is 36.0 Å². The zero-order valence-electron chi connectivity index (χ0n) is 9.78. The standard InChI is InChI=1S/C15H22/c1-2-6-13-9-11-15(12-10-13)14-7-4-3-5-8-14/h2-4,6,9,14-15H,5,7-8,10-12H2,1H3/b6-2+. The van der Waals surface area contributed by atoms with E-state index in [1.54, 1.807) is 5.57 Å². The van der Waals surface area contributed by atoms with Crippen LogP contribution in [0.4, 0.5) is 0 Å². The first-order chi connectivity index (χ1) is 7.40. The Morgan fingerprint density at radius 3 is 2.60 bits per heavy atom. The van der Waals surface area contributed by atoms with Crippen molar-refractivity contribution < 1.29 is 0 Å². The molecule has 15 heavy (non-hydrogen) atoms. The van der Waals surface area contributed by atoms with Gasteiger partial charge in [0.05, 0.1) is 0 Å². The van der Waals surface area contributed by atoms with Crippen molar-refractivity contribution in [2.75, 3.05) is 0 Å². The predicted octanol–water partition coefficient (Wildman–Crippen LogP) is 4.65. The molecule has 0 radical (unpaired) electrons. The first-order valence-corrected chi connectivity index (χ1v) is 6.37. The third-order valence-corrected chi connectivity index (χ3v) is 3.84. The minimum atomic E-state index is 0.962. The highest BCUT2D eigenvalue weighted by molar-refractivity contribution is 5.20. The number of allylic oxidation sites excluding steroid dienone is 6. The van der Waals surface area contributed by atoms with E-state index in [0.717, 1.165) is 11.8 Å². The molecule has 0 saturated carbocycles. The summed E-state index contributed by atoms with van der Waals surface area (Å²) >= 11 is 0. The lowest BCUT2D eigenvalue weighted by Crippen LogP contribution is -2.18. The van der Waals surface area contributed by atoms with Gasteiger partial charge in [0.25, 0.3) is 0 Å². The molecular weight excluding hydrogens is 180 g/mol. The molecule has 0 heteroatoms. The quantitative estimate of drug-likeness (QED) is 0.572. The minimum absolute atomic E-state index is 0.962. The lowest BCUT2D eigenvalue weighted by Gasteiger charge is -2.30. The average Bonchev–Trinajstić information content (AvgIpc) is 2.32. The summed E-state index contributed by atoms with van der Waals surface area (Å²) in [6, 6.07) is 0. The fourth-order valence-corrected chi connectivity index (χ4v) is 2.91. The SMILES string of the molecule is C/C=C/C1=CCC(C2CC=CCC2)CC1. The van der Waals surface area contributed by atoms with Crippen molar-refractivity contribution in [3.8, 4) is 0 Å². The maximum absolute atomic E-state index is 2.46. The Bertz CT molecular complexity index is 280. The Hall–Kier alpha value is -0.780. The molecule has 0 spiro atoms. The summed E-state index contributed by atoms with van der Waals surface area (Å²) in [4.78, 5) is 0. The molecule has 0 aromatic heterocycles. The first kappa shape index (κ1) is 10.7. The predicted molar refractivity (Wildman–Crippen MR) is 66.7 cm³/mol. The van der Waals surface area contributed by atoms with Gasteiger partial charge in [0, 0.05) is 0 Å². The van der Waals surface area contributed by atoms with Gasteiger partial charge in [-0.3, -0.25) is 0 Å². The lowest BCUT2D eigenvalue weighted by molar-refractivity contribution is 0.286. The van der Waals surface area contributed by atoms with Crippen LogP contribution in [-0.2, 0) is 0 Å². The van der Waals surface area contributed by atoms with Crippen molar-refractivity contribution in [1.29, 1.82) is 0 Å². The summed E-state index contributed by atoms with van der Waals surface area (Å²) in [6.07, 6.45) is 19.7. The zero-order valence-corrected chi connectivity index (χ0v) is 9.78. The Labute approximate surface area is 93.8 Å². The average molecular weight is 202 g/mol. The largest absolute Gasteiger partial charge is 0.0885 e. The van der Waals surface area contributed by atoms with Gasteiger partial charge in [0.15, 0.2) is 0 Å². The van der Waals surface area contributed by atoms with Crippen LogP contribution < -0.4 is 0 Å². The van der Waals surface area contributed by atoms with Crippen molar-refractivity contribution in [1.82, 2.24) is 0 Å². The van der Waals surface area contributed by atoms with E-state index in [-0.39, 0.29) is 0 Å². The van der Waals surface area contributed by atoms with Crippen molar-refractivity contribution in [3.63, 3.8) is 0 Å². The Morgan fingerprint density at radius 2 is 2.00 bits per heavy atom. The Kier molecular flexibility index (Phi) is 3.82. The topological polar surface area (TPSA) is 0 Å². The molecule has 0 aromatic rings. The number of rotatable bonds is 2. The maximum atomic E-state index is 2.46. The molecule has 0 amide bonds. The van der Waals surface area contributed by atoms with Gasteiger partial charge in [-0.2, -0.15) is 0 Å². The summed E-state index contributed by atoms with van der Waals surface area (Å²) < 4.78 is 0. The highest BCUT2D eigenvalue weighted by Gasteiger charge is 2.22. The molecular formula is C15H22. The van der Waals surface area contributed by atoms with Gasteiger partial charge in [-0.15, -0.1) is 0 Å². The van der Waals surface area contributed by atoms with E-state index in [9.17, 15) is 0 Å². The van der Waals surface area contributed by atoms with E-state index in [2.05, 4.69) is 37.3 Å². The molecule has 2 atom stereocenters. The maximum Gasteiger partial charge on any atom is -0.0279 e. The second kappa shape index (κ2) is 5.34. The van der Waals surface area contributed by atoms with E-state index < -0.39 is 0 Å². The molecule has 2 rings (SSSR count). The van der Waals surface area contributed by atoms with Crippen molar-refractivity contribution in [2.24, 2.45) is 11.8 Å². The smallest absolute Gasteiger partial charge is 0.0279 e. The molecule has 0 heterocycles. The summed E-state index contributed by atoms with van der Waals surface area (Å²) in [7, 11) is 0. The number of hydrogen-bond acceptors (Lipinski definition) is 0. The third kappa shape index (κ3) is 2.84. The lowest BCUT2D eigenvalue weighted by atomic mass is 9.75. The van der Waals surface area contributed by atoms with Crippen molar-refractivity contribution in [2.45, 2.75) is 45.4 Å². The normalized spacial score (nSPS) is 31.9. The molecule has 0 fully saturated rings. The fourth-order valence-electron chi connectivity index (χ4n) is 2.91. The highest BCUT2D eigenvalue weighted by Crippen LogP contribution is 2.35. The van der Waals surface area contributed by atoms with Gasteiger partial charge < -0.3 is 0 Å². The molecule has 2 aliphatic rings. The van der Waals surface area contributed by atoms with Crippen LogP contribution in [0.3, 0.4) is 0 Å². The fraction of sp³-hybridized carbons (Fsp3) is 0.600. The molecule has 82 valence electrons. The van der Waals surface area contributed by atoms with Gasteiger partial charge in [-0.1, -0.05) is 36.0 Å². The van der Waals surface area contributed by atoms with E-state index in [1.807, 2.05) is 0 Å². The van der Waals surface area contributed by atoms with Crippen LogP contribution in [0.5, 0.6) is 0 Å². The Balaban J connectivity index is 1.89. The van der Waals surface area contributed by atoms with Gasteiger partial charge >= 0.3 is 0 Å². The van der Waals surface area contributed by atoms with Gasteiger partial charge in [0.1, 0.15) is 0 Å². The summed E-state index contributed by atoms with van der Waals surface area (Å²) in [5, 5.41) is 0. The van der Waals surface area contributed by atoms with Gasteiger partial charge in [-0.05, 0) is 57.3 Å². The van der Waals surface area contributed by atoms with Crippen LogP contribution in [0, 0.1) is 11.8 Å². The van der Waals surface area contributed by atoms with Crippen LogP contribution in [0.2, 0.25) is 0 Å². The second-order valence-corrected chi connectivity index (χ2v) is 4.86. The monoisotopic (exact) mass is 202 g/mol. The zero-order chi connectivity index (χ0) is 10.5. The highest BCUT2D eigenvalue weighted by atomic mass is 14.3. The van der Waals surface area contributed by atoms with Crippen molar-refractivity contribution in [3.05, 3.63) is 36.0 Å². The van der Waals surface area contributed by atoms with Crippen LogP contribution in [0.25, 0.3) is 0 Å². The summed E-state index contributed by atoms with van der Waals surface area (Å²) in [5.41, 5.74) is 1.56. The van der Waals surface area contributed by atoms with Gasteiger partial charge in [-0.25, -0.2) is 0 Å². The van der Waals surface area contributed by atoms with Crippen LogP contribution in [-0.4, -0.2) is 0 Å². The van der Waals surface area contributed by atoms with Crippen molar-refractivity contribution >= 4 is 0 Å². The van der Waals surface area contributed by atoms with E-state index in [4.69, 9.17) is 0 Å². The van der Waals surface area contributed by atoms with E-state index in [1.165, 1.54) is 38.5 Å². The van der Waals surface area contributed by atoms with E-state index in [0.29, 0.717) is 0 Å². The summed E-state index contributed by atoms with van der Waals surface area (Å²) in [6.45, 7) is 2.11. The van der Waals surface area contributed by atoms with E-state index >= 15 is 0 Å². The molecule has 0 saturated heterocycles. The molecule has 0 bridgehead atoms. The number of hydrogen-bond donors (Lipinski definition) is 0. The van der Waals surface area contributed by atoms with Crippen LogP contribution in [0.1, 0.15) is 45.4 Å². The van der Waals surface area contributed by atoms with Gasteiger partial charge in [0.2, 0.25) is 0 Å². The third-order valence-electron chi connectivity index (χ3n) is 3.84. The summed E-state index contributed by atoms with van der Waals surface area (Å²) in [5.74, 6) is 1.93. The second-order valence-electron chi connectivity index (χ2n) is 4.86. The minimum Gasteiger partial charge on any atom is -0.0885 e. The molecule has 0 N–H and O–H groups in total.